The van der Waals surface area contributed by atoms with Crippen LogP contribution in [0.5, 0.6) is 11.5 Å². The predicted octanol–water partition coefficient (Wildman–Crippen LogP) is 3.07. The van der Waals surface area contributed by atoms with Crippen LogP contribution in [0.1, 0.15) is 10.6 Å². The molecule has 1 aromatic carbocycles. The maximum atomic E-state index is 11.9. The van der Waals surface area contributed by atoms with Crippen LogP contribution in [-0.2, 0) is 0 Å². The van der Waals surface area contributed by atoms with Crippen molar-refractivity contribution in [3.8, 4) is 22.8 Å². The van der Waals surface area contributed by atoms with E-state index in [0.717, 1.165) is 5.56 Å². The van der Waals surface area contributed by atoms with Crippen LogP contribution >= 0.6 is 11.3 Å². The molecular formula is C15H13N3O4S. The summed E-state index contributed by atoms with van der Waals surface area (Å²) in [7, 11) is 3.18. The number of thiazole rings is 1. The van der Waals surface area contributed by atoms with Gasteiger partial charge in [-0.25, -0.2) is 4.98 Å². The Morgan fingerprint density at radius 2 is 2.13 bits per heavy atom. The highest BCUT2D eigenvalue weighted by molar-refractivity contribution is 7.14. The Labute approximate surface area is 135 Å². The van der Waals surface area contributed by atoms with Crippen LogP contribution in [0.2, 0.25) is 0 Å². The maximum absolute atomic E-state index is 11.9. The van der Waals surface area contributed by atoms with E-state index in [0.29, 0.717) is 22.3 Å². The smallest absolute Gasteiger partial charge is 0.296 e. The van der Waals surface area contributed by atoms with Crippen molar-refractivity contribution >= 4 is 22.4 Å². The maximum Gasteiger partial charge on any atom is 0.296 e. The number of ether oxygens (including phenoxy) is 2. The molecule has 0 saturated heterocycles. The molecule has 0 spiro atoms. The molecule has 2 aromatic heterocycles. The third kappa shape index (κ3) is 3.16. The van der Waals surface area contributed by atoms with Crippen molar-refractivity contribution in [2.75, 3.05) is 19.5 Å². The SMILES string of the molecule is COc1ccc(OC)c(-c2csc(NC(=O)c3ccno3)n2)c1. The molecule has 0 unspecified atom stereocenters. The summed E-state index contributed by atoms with van der Waals surface area (Å²) in [5, 5.41) is 8.44. The molecule has 0 aliphatic carbocycles. The van der Waals surface area contributed by atoms with Crippen LogP contribution in [0, 0.1) is 0 Å². The van der Waals surface area contributed by atoms with Gasteiger partial charge in [0.25, 0.3) is 5.91 Å². The number of methoxy groups -OCH3 is 2. The van der Waals surface area contributed by atoms with Gasteiger partial charge in [0.05, 0.1) is 26.1 Å². The third-order valence-corrected chi connectivity index (χ3v) is 3.83. The minimum atomic E-state index is -0.402. The van der Waals surface area contributed by atoms with Gasteiger partial charge in [-0.05, 0) is 18.2 Å². The van der Waals surface area contributed by atoms with E-state index < -0.39 is 5.91 Å². The summed E-state index contributed by atoms with van der Waals surface area (Å²) in [6.07, 6.45) is 1.41. The Balaban J connectivity index is 1.86. The van der Waals surface area contributed by atoms with E-state index in [1.807, 2.05) is 11.4 Å². The van der Waals surface area contributed by atoms with Gasteiger partial charge in [0.15, 0.2) is 5.13 Å². The number of nitrogens with zero attached hydrogens (tertiary/aromatic N) is 2. The van der Waals surface area contributed by atoms with Crippen molar-refractivity contribution < 1.29 is 18.8 Å². The summed E-state index contributed by atoms with van der Waals surface area (Å²) in [6, 6.07) is 6.92. The zero-order chi connectivity index (χ0) is 16.2. The molecule has 0 radical (unpaired) electrons. The topological polar surface area (TPSA) is 86.5 Å². The molecule has 0 aliphatic heterocycles. The summed E-state index contributed by atoms with van der Waals surface area (Å²) < 4.78 is 15.4. The van der Waals surface area contributed by atoms with Gasteiger partial charge in [-0.2, -0.15) is 0 Å². The fourth-order valence-corrected chi connectivity index (χ4v) is 2.67. The van der Waals surface area contributed by atoms with E-state index in [2.05, 4.69) is 15.5 Å². The van der Waals surface area contributed by atoms with Gasteiger partial charge in [-0.3, -0.25) is 10.1 Å². The first-order valence-corrected chi connectivity index (χ1v) is 7.49. The Bertz CT molecular complexity index is 814. The second-order valence-corrected chi connectivity index (χ2v) is 5.29. The van der Waals surface area contributed by atoms with Crippen LogP contribution in [-0.4, -0.2) is 30.3 Å². The first-order chi connectivity index (χ1) is 11.2. The number of hydrogen-bond acceptors (Lipinski definition) is 7. The van der Waals surface area contributed by atoms with Gasteiger partial charge in [0.2, 0.25) is 5.76 Å². The van der Waals surface area contributed by atoms with Crippen molar-refractivity contribution in [3.63, 3.8) is 0 Å². The van der Waals surface area contributed by atoms with Gasteiger partial charge in [0, 0.05) is 17.0 Å². The zero-order valence-electron chi connectivity index (χ0n) is 12.4. The molecule has 23 heavy (non-hydrogen) atoms. The molecule has 2 heterocycles. The normalized spacial score (nSPS) is 10.3. The number of rotatable bonds is 5. The first-order valence-electron chi connectivity index (χ1n) is 6.61. The highest BCUT2D eigenvalue weighted by Crippen LogP contribution is 2.35. The quantitative estimate of drug-likeness (QED) is 0.773. The molecule has 1 N–H and O–H groups in total. The lowest BCUT2D eigenvalue weighted by Gasteiger charge is -2.08. The molecule has 118 valence electrons. The van der Waals surface area contributed by atoms with Gasteiger partial charge < -0.3 is 14.0 Å². The van der Waals surface area contributed by atoms with E-state index in [9.17, 15) is 4.79 Å². The fraction of sp³-hybridized carbons (Fsp3) is 0.133. The number of anilines is 1. The Morgan fingerprint density at radius 3 is 2.83 bits per heavy atom. The number of amides is 1. The van der Waals surface area contributed by atoms with E-state index in [1.165, 1.54) is 23.6 Å². The van der Waals surface area contributed by atoms with Gasteiger partial charge in [-0.15, -0.1) is 11.3 Å². The minimum absolute atomic E-state index is 0.126. The molecule has 1 amide bonds. The lowest BCUT2D eigenvalue weighted by molar-refractivity contribution is 0.0988. The van der Waals surface area contributed by atoms with Crippen molar-refractivity contribution in [3.05, 3.63) is 41.6 Å². The standard InChI is InChI=1S/C15H13N3O4S/c1-20-9-3-4-12(21-2)10(7-9)11-8-23-15(17-11)18-14(19)13-5-6-16-22-13/h3-8H,1-2H3,(H,17,18,19). The van der Waals surface area contributed by atoms with Crippen molar-refractivity contribution in [2.24, 2.45) is 0 Å². The summed E-state index contributed by atoms with van der Waals surface area (Å²) in [5.41, 5.74) is 1.46. The second-order valence-electron chi connectivity index (χ2n) is 4.43. The van der Waals surface area contributed by atoms with Crippen LogP contribution in [0.3, 0.4) is 0 Å². The molecule has 0 fully saturated rings. The Morgan fingerprint density at radius 1 is 1.26 bits per heavy atom. The number of nitrogens with one attached hydrogen (secondary N) is 1. The monoisotopic (exact) mass is 331 g/mol. The van der Waals surface area contributed by atoms with Crippen LogP contribution in [0.25, 0.3) is 11.3 Å². The zero-order valence-corrected chi connectivity index (χ0v) is 13.2. The molecule has 8 heteroatoms. The van der Waals surface area contributed by atoms with Gasteiger partial charge in [-0.1, -0.05) is 5.16 Å². The first kappa shape index (κ1) is 15.0. The summed E-state index contributed by atoms with van der Waals surface area (Å²) >= 11 is 1.30. The molecule has 0 bridgehead atoms. The van der Waals surface area contributed by atoms with Crippen molar-refractivity contribution in [2.45, 2.75) is 0 Å². The number of aromatic nitrogens is 2. The predicted molar refractivity (Wildman–Crippen MR) is 85.1 cm³/mol. The highest BCUT2D eigenvalue weighted by Gasteiger charge is 2.15. The fourth-order valence-electron chi connectivity index (χ4n) is 1.96. The lowest BCUT2D eigenvalue weighted by Crippen LogP contribution is -2.10. The van der Waals surface area contributed by atoms with Crippen molar-refractivity contribution in [1.29, 1.82) is 0 Å². The van der Waals surface area contributed by atoms with Crippen molar-refractivity contribution in [1.82, 2.24) is 10.1 Å². The van der Waals surface area contributed by atoms with Crippen LogP contribution < -0.4 is 14.8 Å². The second kappa shape index (κ2) is 6.49. The summed E-state index contributed by atoms with van der Waals surface area (Å²) in [6.45, 7) is 0. The molecular weight excluding hydrogens is 318 g/mol. The molecule has 0 aliphatic rings. The van der Waals surface area contributed by atoms with Gasteiger partial charge in [0.1, 0.15) is 11.5 Å². The van der Waals surface area contributed by atoms with Gasteiger partial charge >= 0.3 is 0 Å². The summed E-state index contributed by atoms with van der Waals surface area (Å²) in [4.78, 5) is 16.3. The molecule has 3 rings (SSSR count). The number of carbonyl (C=O) groups excluding carboxylic acids is 1. The molecule has 3 aromatic rings. The minimum Gasteiger partial charge on any atom is -0.497 e. The Kier molecular flexibility index (Phi) is 4.24. The number of benzene rings is 1. The van der Waals surface area contributed by atoms with E-state index in [-0.39, 0.29) is 5.76 Å². The lowest BCUT2D eigenvalue weighted by atomic mass is 10.1. The average Bonchev–Trinajstić information content (AvgIpc) is 3.26. The molecule has 0 atom stereocenters. The third-order valence-electron chi connectivity index (χ3n) is 3.07. The molecule has 0 saturated carbocycles. The van der Waals surface area contributed by atoms with Crippen LogP contribution in [0.15, 0.2) is 40.4 Å². The Hall–Kier alpha value is -2.87. The van der Waals surface area contributed by atoms with E-state index in [4.69, 9.17) is 14.0 Å². The number of hydrogen-bond donors (Lipinski definition) is 1. The van der Waals surface area contributed by atoms with Crippen LogP contribution in [0.4, 0.5) is 5.13 Å². The average molecular weight is 331 g/mol. The number of carbonyl (C=O) groups is 1. The molecule has 7 nitrogen and oxygen atoms in total. The van der Waals surface area contributed by atoms with E-state index in [1.54, 1.807) is 26.4 Å². The van der Waals surface area contributed by atoms with E-state index >= 15 is 0 Å². The summed E-state index contributed by atoms with van der Waals surface area (Å²) in [5.74, 6) is 1.09. The highest BCUT2D eigenvalue weighted by atomic mass is 32.1. The largest absolute Gasteiger partial charge is 0.497 e.